The minimum Gasteiger partial charge on any atom is -0.391 e. The fourth-order valence-corrected chi connectivity index (χ4v) is 3.27. The van der Waals surface area contributed by atoms with E-state index in [1.165, 1.54) is 17.4 Å². The highest BCUT2D eigenvalue weighted by Gasteiger charge is 2.20. The van der Waals surface area contributed by atoms with Crippen LogP contribution in [0.2, 0.25) is 0 Å². The highest BCUT2D eigenvalue weighted by Crippen LogP contribution is 2.32. The number of hydrogen-bond donors (Lipinski definition) is 1. The van der Waals surface area contributed by atoms with Gasteiger partial charge in [-0.15, -0.1) is 0 Å². The Morgan fingerprint density at radius 1 is 1.38 bits per heavy atom. The lowest BCUT2D eigenvalue weighted by Gasteiger charge is -2.25. The average Bonchev–Trinajstić information content (AvgIpc) is 2.90. The quantitative estimate of drug-likeness (QED) is 0.878. The van der Waals surface area contributed by atoms with E-state index in [0.29, 0.717) is 5.56 Å². The maximum atomic E-state index is 13.9. The van der Waals surface area contributed by atoms with Crippen molar-refractivity contribution >= 4 is 16.5 Å². The van der Waals surface area contributed by atoms with Gasteiger partial charge in [0.2, 0.25) is 0 Å². The van der Waals surface area contributed by atoms with Crippen LogP contribution in [-0.4, -0.2) is 17.1 Å². The van der Waals surface area contributed by atoms with Crippen LogP contribution in [0.4, 0.5) is 9.52 Å². The number of aliphatic hydroxyl groups excluding tert-OH is 1. The highest BCUT2D eigenvalue weighted by molar-refractivity contribution is 7.15. The van der Waals surface area contributed by atoms with Crippen molar-refractivity contribution in [2.75, 3.05) is 11.9 Å². The van der Waals surface area contributed by atoms with Crippen molar-refractivity contribution in [3.8, 4) is 0 Å². The number of aryl methyl sites for hydroxylation is 1. The van der Waals surface area contributed by atoms with E-state index in [9.17, 15) is 9.50 Å². The number of hydrogen-bond acceptors (Lipinski definition) is 4. The van der Waals surface area contributed by atoms with Gasteiger partial charge in [0.15, 0.2) is 5.13 Å². The zero-order chi connectivity index (χ0) is 15.4. The summed E-state index contributed by atoms with van der Waals surface area (Å²) in [4.78, 5) is 7.47. The molecule has 1 N–H and O–H groups in total. The first-order valence-corrected chi connectivity index (χ1v) is 7.96. The molecular formula is C16H21FN2OS. The number of benzene rings is 1. The van der Waals surface area contributed by atoms with E-state index < -0.39 is 0 Å². The first-order chi connectivity index (χ1) is 10.1. The van der Waals surface area contributed by atoms with Gasteiger partial charge in [-0.05, 0) is 19.4 Å². The topological polar surface area (TPSA) is 36.4 Å². The van der Waals surface area contributed by atoms with Gasteiger partial charge in [0.25, 0.3) is 0 Å². The molecule has 0 aliphatic rings. The predicted octanol–water partition coefficient (Wildman–Crippen LogP) is 3.92. The molecule has 1 unspecified atom stereocenters. The van der Waals surface area contributed by atoms with Crippen LogP contribution in [0.25, 0.3) is 0 Å². The van der Waals surface area contributed by atoms with E-state index in [4.69, 9.17) is 0 Å². The van der Waals surface area contributed by atoms with Crippen molar-refractivity contribution in [2.45, 2.75) is 39.3 Å². The molecule has 2 rings (SSSR count). The van der Waals surface area contributed by atoms with Crippen molar-refractivity contribution in [1.29, 1.82) is 0 Å². The van der Waals surface area contributed by atoms with Crippen molar-refractivity contribution in [1.82, 2.24) is 4.98 Å². The maximum absolute atomic E-state index is 13.9. The largest absolute Gasteiger partial charge is 0.391 e. The molecular weight excluding hydrogens is 287 g/mol. The fourth-order valence-electron chi connectivity index (χ4n) is 2.26. The predicted molar refractivity (Wildman–Crippen MR) is 85.2 cm³/mol. The van der Waals surface area contributed by atoms with E-state index in [0.717, 1.165) is 28.5 Å². The minimum atomic E-state index is -0.204. The fraction of sp³-hybridized carbons (Fsp3) is 0.438. The van der Waals surface area contributed by atoms with Crippen molar-refractivity contribution < 1.29 is 9.50 Å². The van der Waals surface area contributed by atoms with Crippen LogP contribution in [0.3, 0.4) is 0 Å². The van der Waals surface area contributed by atoms with Gasteiger partial charge >= 0.3 is 0 Å². The summed E-state index contributed by atoms with van der Waals surface area (Å²) in [6, 6.07) is 6.69. The van der Waals surface area contributed by atoms with Gasteiger partial charge in [0, 0.05) is 12.6 Å². The summed E-state index contributed by atoms with van der Waals surface area (Å²) in [6.07, 6.45) is 1.84. The molecule has 5 heteroatoms. The summed E-state index contributed by atoms with van der Waals surface area (Å²) in [7, 11) is 1.91. The number of aromatic nitrogens is 1. The summed E-state index contributed by atoms with van der Waals surface area (Å²) < 4.78 is 13.9. The summed E-state index contributed by atoms with van der Waals surface area (Å²) in [5.74, 6) is -0.204. The molecule has 1 aromatic heterocycles. The molecule has 2 aromatic rings. The third-order valence-corrected chi connectivity index (χ3v) is 4.81. The van der Waals surface area contributed by atoms with E-state index in [-0.39, 0.29) is 18.5 Å². The zero-order valence-electron chi connectivity index (χ0n) is 12.6. The first-order valence-electron chi connectivity index (χ1n) is 7.15. The Kier molecular flexibility index (Phi) is 5.31. The third kappa shape index (κ3) is 3.41. The van der Waals surface area contributed by atoms with Crippen LogP contribution in [0.1, 0.15) is 42.4 Å². The van der Waals surface area contributed by atoms with E-state index in [2.05, 4.69) is 11.9 Å². The van der Waals surface area contributed by atoms with Crippen molar-refractivity contribution in [2.24, 2.45) is 0 Å². The second-order valence-electron chi connectivity index (χ2n) is 5.08. The smallest absolute Gasteiger partial charge is 0.186 e. The Morgan fingerprint density at radius 3 is 2.71 bits per heavy atom. The number of nitrogens with zero attached hydrogens (tertiary/aromatic N) is 2. The number of anilines is 1. The maximum Gasteiger partial charge on any atom is 0.186 e. The summed E-state index contributed by atoms with van der Waals surface area (Å²) >= 11 is 1.48. The molecule has 0 radical (unpaired) electrons. The Bertz CT molecular complexity index is 600. The molecule has 3 nitrogen and oxygen atoms in total. The molecule has 0 amide bonds. The lowest BCUT2D eigenvalue weighted by atomic mass is 10.1. The van der Waals surface area contributed by atoms with Gasteiger partial charge in [0.05, 0.1) is 23.2 Å². The summed E-state index contributed by atoms with van der Waals surface area (Å²) in [5.41, 5.74) is 1.60. The standard InChI is InChI=1S/C16H21FN2OS/c1-4-7-14-15(10-20)21-16(18-14)19(3)11(2)12-8-5-6-9-13(12)17/h5-6,8-9,11,20H,4,7,10H2,1-3H3. The number of rotatable bonds is 6. The monoisotopic (exact) mass is 308 g/mol. The average molecular weight is 308 g/mol. The Morgan fingerprint density at radius 2 is 2.10 bits per heavy atom. The molecule has 0 bridgehead atoms. The van der Waals surface area contributed by atoms with Crippen LogP contribution in [0.5, 0.6) is 0 Å². The molecule has 1 heterocycles. The Balaban J connectivity index is 2.27. The van der Waals surface area contributed by atoms with E-state index in [1.807, 2.05) is 24.9 Å². The van der Waals surface area contributed by atoms with Gasteiger partial charge in [-0.3, -0.25) is 0 Å². The lowest BCUT2D eigenvalue weighted by Crippen LogP contribution is -2.22. The van der Waals surface area contributed by atoms with Crippen molar-refractivity contribution in [3.05, 3.63) is 46.2 Å². The van der Waals surface area contributed by atoms with E-state index >= 15 is 0 Å². The molecule has 0 saturated heterocycles. The molecule has 1 aromatic carbocycles. The van der Waals surface area contributed by atoms with Crippen LogP contribution in [0, 0.1) is 5.82 Å². The molecule has 21 heavy (non-hydrogen) atoms. The molecule has 1 atom stereocenters. The SMILES string of the molecule is CCCc1nc(N(C)C(C)c2ccccc2F)sc1CO. The van der Waals surface area contributed by atoms with Gasteiger partial charge in [-0.25, -0.2) is 9.37 Å². The number of thiazole rings is 1. The van der Waals surface area contributed by atoms with Gasteiger partial charge in [-0.1, -0.05) is 42.9 Å². The van der Waals surface area contributed by atoms with Crippen LogP contribution in [0.15, 0.2) is 24.3 Å². The highest BCUT2D eigenvalue weighted by atomic mass is 32.1. The minimum absolute atomic E-state index is 0.00885. The van der Waals surface area contributed by atoms with Crippen LogP contribution in [-0.2, 0) is 13.0 Å². The second kappa shape index (κ2) is 7.00. The van der Waals surface area contributed by atoms with Gasteiger partial charge in [-0.2, -0.15) is 0 Å². The molecule has 0 fully saturated rings. The van der Waals surface area contributed by atoms with Gasteiger partial charge in [0.1, 0.15) is 5.82 Å². The summed E-state index contributed by atoms with van der Waals surface area (Å²) in [6.45, 7) is 4.05. The van der Waals surface area contributed by atoms with Gasteiger partial charge < -0.3 is 10.0 Å². The Labute approximate surface area is 129 Å². The molecule has 0 aliphatic heterocycles. The molecule has 0 spiro atoms. The second-order valence-corrected chi connectivity index (χ2v) is 6.14. The lowest BCUT2D eigenvalue weighted by molar-refractivity contribution is 0.284. The normalized spacial score (nSPS) is 12.4. The number of aliphatic hydroxyl groups is 1. The summed E-state index contributed by atoms with van der Waals surface area (Å²) in [5, 5.41) is 10.2. The van der Waals surface area contributed by atoms with Crippen LogP contribution >= 0.6 is 11.3 Å². The van der Waals surface area contributed by atoms with E-state index in [1.54, 1.807) is 12.1 Å². The Hall–Kier alpha value is -1.46. The first kappa shape index (κ1) is 15.9. The molecule has 114 valence electrons. The third-order valence-electron chi connectivity index (χ3n) is 3.64. The zero-order valence-corrected chi connectivity index (χ0v) is 13.5. The molecule has 0 aliphatic carbocycles. The van der Waals surface area contributed by atoms with Crippen LogP contribution < -0.4 is 4.90 Å². The molecule has 0 saturated carbocycles. The van der Waals surface area contributed by atoms with Crippen molar-refractivity contribution in [3.63, 3.8) is 0 Å². The number of halogens is 1.